The number of nitrogens with one attached hydrogen (secondary N) is 1. The van der Waals surface area contributed by atoms with Gasteiger partial charge in [0.15, 0.2) is 0 Å². The van der Waals surface area contributed by atoms with Crippen LogP contribution in [0.25, 0.3) is 0 Å². The highest BCUT2D eigenvalue weighted by Crippen LogP contribution is 2.30. The van der Waals surface area contributed by atoms with Gasteiger partial charge in [-0.1, -0.05) is 26.7 Å². The van der Waals surface area contributed by atoms with Gasteiger partial charge in [0.2, 0.25) is 5.91 Å². The predicted molar refractivity (Wildman–Crippen MR) is 91.8 cm³/mol. The summed E-state index contributed by atoms with van der Waals surface area (Å²) in [5.41, 5.74) is 2.10. The Morgan fingerprint density at radius 1 is 1.29 bits per heavy atom. The highest BCUT2D eigenvalue weighted by molar-refractivity contribution is 5.87. The molecule has 0 bridgehead atoms. The Bertz CT molecular complexity index is 613. The molecule has 1 aliphatic carbocycles. The molecule has 1 aromatic rings. The van der Waals surface area contributed by atoms with Crippen molar-refractivity contribution in [3.63, 3.8) is 0 Å². The molecule has 2 N–H and O–H groups in total. The van der Waals surface area contributed by atoms with Gasteiger partial charge in [0.1, 0.15) is 5.54 Å². The average molecular weight is 335 g/mol. The van der Waals surface area contributed by atoms with Crippen molar-refractivity contribution in [2.75, 3.05) is 0 Å². The fourth-order valence-corrected chi connectivity index (χ4v) is 3.56. The molecule has 1 fully saturated rings. The fraction of sp³-hybridized carbons (Fsp3) is 0.722. The van der Waals surface area contributed by atoms with Gasteiger partial charge < -0.3 is 10.4 Å². The van der Waals surface area contributed by atoms with Crippen LogP contribution in [-0.2, 0) is 22.6 Å². The van der Waals surface area contributed by atoms with Crippen molar-refractivity contribution in [2.45, 2.75) is 78.3 Å². The molecule has 1 aliphatic rings. The maximum atomic E-state index is 12.3. The number of aliphatic carboxylic acids is 1. The first-order valence-electron chi connectivity index (χ1n) is 8.82. The zero-order valence-corrected chi connectivity index (χ0v) is 15.2. The van der Waals surface area contributed by atoms with Crippen LogP contribution in [-0.4, -0.2) is 32.3 Å². The minimum atomic E-state index is -1.05. The van der Waals surface area contributed by atoms with E-state index < -0.39 is 11.5 Å². The van der Waals surface area contributed by atoms with E-state index in [1.165, 1.54) is 0 Å². The summed E-state index contributed by atoms with van der Waals surface area (Å²) in [7, 11) is 0. The Hall–Kier alpha value is -1.85. The maximum Gasteiger partial charge on any atom is 0.329 e. The van der Waals surface area contributed by atoms with Gasteiger partial charge in [0.05, 0.1) is 5.69 Å². The molecule has 6 nitrogen and oxygen atoms in total. The van der Waals surface area contributed by atoms with Crippen LogP contribution >= 0.6 is 0 Å². The van der Waals surface area contributed by atoms with Gasteiger partial charge in [-0.05, 0) is 44.6 Å². The van der Waals surface area contributed by atoms with Crippen molar-refractivity contribution < 1.29 is 14.7 Å². The number of aromatic nitrogens is 2. The van der Waals surface area contributed by atoms with Crippen LogP contribution in [0.2, 0.25) is 0 Å². The molecule has 1 saturated carbocycles. The SMILES string of the molecule is Cc1nn(CC(C)C)c(C)c1CCC(=O)NC1(C(=O)O)CCCC1. The van der Waals surface area contributed by atoms with Crippen LogP contribution < -0.4 is 5.32 Å². The van der Waals surface area contributed by atoms with Crippen LogP contribution in [0.4, 0.5) is 0 Å². The monoisotopic (exact) mass is 335 g/mol. The largest absolute Gasteiger partial charge is 0.480 e. The third kappa shape index (κ3) is 3.97. The Morgan fingerprint density at radius 2 is 1.92 bits per heavy atom. The Balaban J connectivity index is 1.99. The van der Waals surface area contributed by atoms with Crippen molar-refractivity contribution in [3.05, 3.63) is 17.0 Å². The Labute approximate surface area is 143 Å². The lowest BCUT2D eigenvalue weighted by atomic mass is 9.97. The third-order valence-corrected chi connectivity index (χ3v) is 4.92. The van der Waals surface area contributed by atoms with Gasteiger partial charge in [0, 0.05) is 18.7 Å². The minimum absolute atomic E-state index is 0.185. The topological polar surface area (TPSA) is 84.2 Å². The molecule has 0 aliphatic heterocycles. The molecule has 1 aromatic heterocycles. The number of amides is 1. The van der Waals surface area contributed by atoms with E-state index in [-0.39, 0.29) is 5.91 Å². The normalized spacial score (nSPS) is 16.5. The van der Waals surface area contributed by atoms with E-state index in [1.807, 2.05) is 18.5 Å². The molecule has 0 unspecified atom stereocenters. The van der Waals surface area contributed by atoms with Crippen LogP contribution in [0.3, 0.4) is 0 Å². The number of rotatable bonds is 7. The second kappa shape index (κ2) is 7.36. The highest BCUT2D eigenvalue weighted by atomic mass is 16.4. The number of carboxylic acids is 1. The van der Waals surface area contributed by atoms with Crippen LogP contribution in [0, 0.1) is 19.8 Å². The number of carbonyl (C=O) groups excluding carboxylic acids is 1. The summed E-state index contributed by atoms with van der Waals surface area (Å²) in [4.78, 5) is 23.8. The van der Waals surface area contributed by atoms with E-state index in [9.17, 15) is 14.7 Å². The molecule has 1 heterocycles. The molecular weight excluding hydrogens is 306 g/mol. The summed E-state index contributed by atoms with van der Waals surface area (Å²) in [5.74, 6) is -0.586. The zero-order valence-electron chi connectivity index (χ0n) is 15.2. The lowest BCUT2D eigenvalue weighted by molar-refractivity contribution is -0.147. The molecule has 0 spiro atoms. The first-order valence-corrected chi connectivity index (χ1v) is 8.82. The molecule has 0 atom stereocenters. The van der Waals surface area contributed by atoms with Gasteiger partial charge in [-0.25, -0.2) is 4.79 Å². The molecule has 24 heavy (non-hydrogen) atoms. The lowest BCUT2D eigenvalue weighted by Crippen LogP contribution is -2.52. The number of aryl methyl sites for hydroxylation is 1. The van der Waals surface area contributed by atoms with Gasteiger partial charge in [0.25, 0.3) is 0 Å². The van der Waals surface area contributed by atoms with Crippen molar-refractivity contribution in [3.8, 4) is 0 Å². The van der Waals surface area contributed by atoms with Crippen molar-refractivity contribution in [2.24, 2.45) is 5.92 Å². The van der Waals surface area contributed by atoms with E-state index in [0.29, 0.717) is 31.6 Å². The lowest BCUT2D eigenvalue weighted by Gasteiger charge is -2.25. The van der Waals surface area contributed by atoms with Gasteiger partial charge in [-0.3, -0.25) is 9.48 Å². The molecule has 1 amide bonds. The minimum Gasteiger partial charge on any atom is -0.480 e. The summed E-state index contributed by atoms with van der Waals surface area (Å²) in [5, 5.41) is 16.8. The van der Waals surface area contributed by atoms with Crippen molar-refractivity contribution >= 4 is 11.9 Å². The number of hydrogen-bond donors (Lipinski definition) is 2. The van der Waals surface area contributed by atoms with Gasteiger partial charge >= 0.3 is 5.97 Å². The summed E-state index contributed by atoms with van der Waals surface area (Å²) < 4.78 is 2.00. The van der Waals surface area contributed by atoms with E-state index >= 15 is 0 Å². The highest BCUT2D eigenvalue weighted by Gasteiger charge is 2.42. The first-order chi connectivity index (χ1) is 11.2. The summed E-state index contributed by atoms with van der Waals surface area (Å²) >= 11 is 0. The molecule has 134 valence electrons. The van der Waals surface area contributed by atoms with Crippen LogP contribution in [0.1, 0.15) is 62.9 Å². The fourth-order valence-electron chi connectivity index (χ4n) is 3.56. The van der Waals surface area contributed by atoms with E-state index in [1.54, 1.807) is 0 Å². The number of carboxylic acid groups (broad SMARTS) is 1. The van der Waals surface area contributed by atoms with E-state index in [4.69, 9.17) is 0 Å². The van der Waals surface area contributed by atoms with E-state index in [0.717, 1.165) is 36.3 Å². The average Bonchev–Trinajstić information content (AvgIpc) is 3.04. The van der Waals surface area contributed by atoms with E-state index in [2.05, 4.69) is 24.3 Å². The predicted octanol–water partition coefficient (Wildman–Crippen LogP) is 2.60. The second-order valence-corrected chi connectivity index (χ2v) is 7.37. The molecule has 6 heteroatoms. The molecule has 0 aromatic carbocycles. The number of carbonyl (C=O) groups is 2. The van der Waals surface area contributed by atoms with Crippen LogP contribution in [0.5, 0.6) is 0 Å². The molecular formula is C18H29N3O3. The molecule has 2 rings (SSSR count). The van der Waals surface area contributed by atoms with Gasteiger partial charge in [-0.15, -0.1) is 0 Å². The summed E-state index contributed by atoms with van der Waals surface area (Å²) in [6, 6.07) is 0. The zero-order chi connectivity index (χ0) is 17.9. The van der Waals surface area contributed by atoms with Crippen molar-refractivity contribution in [1.82, 2.24) is 15.1 Å². The first kappa shape index (κ1) is 18.5. The number of nitrogens with zero attached hydrogens (tertiary/aromatic N) is 2. The standard InChI is InChI=1S/C18H29N3O3/c1-12(2)11-21-14(4)15(13(3)20-21)7-8-16(22)19-18(17(23)24)9-5-6-10-18/h12H,5-11H2,1-4H3,(H,19,22)(H,23,24). The third-order valence-electron chi connectivity index (χ3n) is 4.92. The maximum absolute atomic E-state index is 12.3. The smallest absolute Gasteiger partial charge is 0.329 e. The van der Waals surface area contributed by atoms with Crippen LogP contribution in [0.15, 0.2) is 0 Å². The second-order valence-electron chi connectivity index (χ2n) is 7.37. The van der Waals surface area contributed by atoms with Crippen molar-refractivity contribution in [1.29, 1.82) is 0 Å². The summed E-state index contributed by atoms with van der Waals surface area (Å²) in [6.07, 6.45) is 3.65. The quantitative estimate of drug-likeness (QED) is 0.802. The van der Waals surface area contributed by atoms with Gasteiger partial charge in [-0.2, -0.15) is 5.10 Å². The molecule has 0 saturated heterocycles. The molecule has 0 radical (unpaired) electrons. The Kier molecular flexibility index (Phi) is 5.67. The Morgan fingerprint density at radius 3 is 2.46 bits per heavy atom. The number of hydrogen-bond acceptors (Lipinski definition) is 3. The summed E-state index contributed by atoms with van der Waals surface area (Å²) in [6.45, 7) is 9.16.